The minimum atomic E-state index is -0.531. The molecule has 0 unspecified atom stereocenters. The second kappa shape index (κ2) is 9.38. The summed E-state index contributed by atoms with van der Waals surface area (Å²) in [6.45, 7) is 1.73. The number of carbonyl (C=O) groups excluding carboxylic acids is 1. The maximum absolute atomic E-state index is 13.1. The maximum atomic E-state index is 13.1. The highest BCUT2D eigenvalue weighted by atomic mass is 16.5. The van der Waals surface area contributed by atoms with E-state index in [9.17, 15) is 9.59 Å². The van der Waals surface area contributed by atoms with Crippen LogP contribution in [0.15, 0.2) is 83.9 Å². The summed E-state index contributed by atoms with van der Waals surface area (Å²) in [5, 5.41) is 3.50. The number of rotatable bonds is 6. The summed E-state index contributed by atoms with van der Waals surface area (Å²) in [6, 6.07) is 19.8. The zero-order valence-electron chi connectivity index (χ0n) is 19.9. The van der Waals surface area contributed by atoms with Crippen LogP contribution in [0.25, 0.3) is 16.6 Å². The van der Waals surface area contributed by atoms with Crippen LogP contribution >= 0.6 is 0 Å². The predicted molar refractivity (Wildman–Crippen MR) is 136 cm³/mol. The zero-order chi connectivity index (χ0) is 25.2. The maximum Gasteiger partial charge on any atom is 0.284 e. The summed E-state index contributed by atoms with van der Waals surface area (Å²) in [5.41, 5.74) is 1.64. The number of pyridine rings is 2. The SMILES string of the molecule is COc1ccc2nccc(Oc3ccc(NC(=O)c4c(C)n(C)n(-c5ccccc5)c4=O)nc3)c2c1. The smallest absolute Gasteiger partial charge is 0.284 e. The van der Waals surface area contributed by atoms with Gasteiger partial charge in [0.05, 0.1) is 30.2 Å². The molecule has 0 aliphatic carbocycles. The van der Waals surface area contributed by atoms with Gasteiger partial charge in [-0.25, -0.2) is 9.67 Å². The van der Waals surface area contributed by atoms with E-state index in [0.717, 1.165) is 10.9 Å². The standard InChI is InChI=1S/C27H23N5O4/c1-17-25(27(34)32(31(17)2)18-7-5-4-6-8-18)26(33)30-24-12-10-20(16-29-24)36-23-13-14-28-22-11-9-19(35-3)15-21(22)23/h4-16H,1-3H3,(H,29,30,33). The number of benzene rings is 2. The number of anilines is 1. The van der Waals surface area contributed by atoms with Gasteiger partial charge < -0.3 is 14.8 Å². The van der Waals surface area contributed by atoms with E-state index >= 15 is 0 Å². The lowest BCUT2D eigenvalue weighted by Crippen LogP contribution is -2.25. The number of para-hydroxylation sites is 1. The third-order valence-electron chi connectivity index (χ3n) is 5.90. The minimum Gasteiger partial charge on any atom is -0.497 e. The van der Waals surface area contributed by atoms with Gasteiger partial charge in [0.25, 0.3) is 11.5 Å². The summed E-state index contributed by atoms with van der Waals surface area (Å²) in [6.07, 6.45) is 3.17. The summed E-state index contributed by atoms with van der Waals surface area (Å²) in [4.78, 5) is 34.7. The lowest BCUT2D eigenvalue weighted by Gasteiger charge is -2.10. The van der Waals surface area contributed by atoms with Crippen molar-refractivity contribution in [1.29, 1.82) is 0 Å². The van der Waals surface area contributed by atoms with Crippen LogP contribution in [-0.4, -0.2) is 32.3 Å². The van der Waals surface area contributed by atoms with Gasteiger partial charge in [0.15, 0.2) is 0 Å². The van der Waals surface area contributed by atoms with Crippen molar-refractivity contribution in [1.82, 2.24) is 19.3 Å². The van der Waals surface area contributed by atoms with Crippen molar-refractivity contribution in [3.05, 3.63) is 101 Å². The first kappa shape index (κ1) is 22.9. The molecule has 0 aliphatic heterocycles. The largest absolute Gasteiger partial charge is 0.497 e. The number of carbonyl (C=O) groups is 1. The molecular formula is C27H23N5O4. The molecule has 9 heteroatoms. The molecule has 3 aromatic heterocycles. The molecule has 5 rings (SSSR count). The summed E-state index contributed by atoms with van der Waals surface area (Å²) >= 11 is 0. The van der Waals surface area contributed by atoms with E-state index in [1.165, 1.54) is 10.9 Å². The molecule has 36 heavy (non-hydrogen) atoms. The Morgan fingerprint density at radius 2 is 1.75 bits per heavy atom. The average molecular weight is 482 g/mol. The van der Waals surface area contributed by atoms with Gasteiger partial charge in [-0.15, -0.1) is 0 Å². The van der Waals surface area contributed by atoms with Crippen molar-refractivity contribution in [3.8, 4) is 22.9 Å². The van der Waals surface area contributed by atoms with Gasteiger partial charge in [-0.1, -0.05) is 18.2 Å². The topological polar surface area (TPSA) is 100 Å². The van der Waals surface area contributed by atoms with Crippen molar-refractivity contribution in [2.75, 3.05) is 12.4 Å². The average Bonchev–Trinajstić information content (AvgIpc) is 3.13. The van der Waals surface area contributed by atoms with Crippen LogP contribution in [-0.2, 0) is 7.05 Å². The Bertz CT molecular complexity index is 1620. The van der Waals surface area contributed by atoms with Crippen molar-refractivity contribution in [2.45, 2.75) is 6.92 Å². The lowest BCUT2D eigenvalue weighted by molar-refractivity contribution is 0.102. The van der Waals surface area contributed by atoms with Gasteiger partial charge in [0.1, 0.15) is 28.6 Å². The third-order valence-corrected chi connectivity index (χ3v) is 5.90. The van der Waals surface area contributed by atoms with Crippen molar-refractivity contribution < 1.29 is 14.3 Å². The Morgan fingerprint density at radius 3 is 2.47 bits per heavy atom. The number of fused-ring (bicyclic) bond motifs is 1. The summed E-state index contributed by atoms with van der Waals surface area (Å²) < 4.78 is 14.4. The first-order valence-corrected chi connectivity index (χ1v) is 11.2. The predicted octanol–water partition coefficient (Wildman–Crippen LogP) is 4.48. The molecule has 1 amide bonds. The van der Waals surface area contributed by atoms with Crippen molar-refractivity contribution >= 4 is 22.6 Å². The highest BCUT2D eigenvalue weighted by Crippen LogP contribution is 2.31. The van der Waals surface area contributed by atoms with Crippen LogP contribution in [0.1, 0.15) is 16.1 Å². The lowest BCUT2D eigenvalue weighted by atomic mass is 10.2. The molecule has 0 spiro atoms. The molecule has 5 aromatic rings. The number of ether oxygens (including phenoxy) is 2. The molecule has 0 fully saturated rings. The first-order chi connectivity index (χ1) is 17.5. The molecule has 0 aliphatic rings. The molecule has 0 saturated heterocycles. The van der Waals surface area contributed by atoms with Gasteiger partial charge >= 0.3 is 0 Å². The monoisotopic (exact) mass is 481 g/mol. The van der Waals surface area contributed by atoms with E-state index in [0.29, 0.717) is 34.4 Å². The second-order valence-electron chi connectivity index (χ2n) is 8.06. The number of hydrogen-bond donors (Lipinski definition) is 1. The molecule has 9 nitrogen and oxygen atoms in total. The fraction of sp³-hybridized carbons (Fsp3) is 0.111. The first-order valence-electron chi connectivity index (χ1n) is 11.2. The van der Waals surface area contributed by atoms with Crippen LogP contribution in [0, 0.1) is 6.92 Å². The molecule has 0 radical (unpaired) electrons. The fourth-order valence-electron chi connectivity index (χ4n) is 3.97. The Hall–Kier alpha value is -4.92. The van der Waals surface area contributed by atoms with Crippen LogP contribution in [0.5, 0.6) is 17.2 Å². The van der Waals surface area contributed by atoms with Crippen molar-refractivity contribution in [3.63, 3.8) is 0 Å². The van der Waals surface area contributed by atoms with E-state index in [1.54, 1.807) is 50.2 Å². The Kier molecular flexibility index (Phi) is 5.95. The molecule has 180 valence electrons. The molecule has 0 saturated carbocycles. The number of hydrogen-bond acceptors (Lipinski definition) is 6. The molecule has 0 atom stereocenters. The highest BCUT2D eigenvalue weighted by molar-refractivity contribution is 6.04. The Morgan fingerprint density at radius 1 is 0.972 bits per heavy atom. The number of nitrogens with one attached hydrogen (secondary N) is 1. The van der Waals surface area contributed by atoms with Crippen LogP contribution in [0.4, 0.5) is 5.82 Å². The van der Waals surface area contributed by atoms with Gasteiger partial charge in [-0.05, 0) is 55.5 Å². The zero-order valence-corrected chi connectivity index (χ0v) is 19.9. The third kappa shape index (κ3) is 4.18. The molecule has 2 aromatic carbocycles. The summed E-state index contributed by atoms with van der Waals surface area (Å²) in [5.74, 6) is 1.53. The fourth-order valence-corrected chi connectivity index (χ4v) is 3.97. The normalized spacial score (nSPS) is 10.9. The minimum absolute atomic E-state index is 0.0562. The van der Waals surface area contributed by atoms with E-state index in [4.69, 9.17) is 9.47 Å². The van der Waals surface area contributed by atoms with E-state index < -0.39 is 11.5 Å². The van der Waals surface area contributed by atoms with Crippen LogP contribution < -0.4 is 20.3 Å². The van der Waals surface area contributed by atoms with Crippen molar-refractivity contribution in [2.24, 2.45) is 7.05 Å². The quantitative estimate of drug-likeness (QED) is 0.384. The number of nitrogens with zero attached hydrogens (tertiary/aromatic N) is 4. The van der Waals surface area contributed by atoms with Crippen LogP contribution in [0.3, 0.4) is 0 Å². The molecule has 1 N–H and O–H groups in total. The molecular weight excluding hydrogens is 458 g/mol. The molecule has 0 bridgehead atoms. The van der Waals surface area contributed by atoms with E-state index in [-0.39, 0.29) is 5.56 Å². The number of aromatic nitrogens is 4. The van der Waals surface area contributed by atoms with Gasteiger partial charge in [-0.2, -0.15) is 0 Å². The van der Waals surface area contributed by atoms with Gasteiger partial charge in [-0.3, -0.25) is 19.3 Å². The second-order valence-corrected chi connectivity index (χ2v) is 8.06. The Labute approximate surface area is 206 Å². The number of amides is 1. The highest BCUT2D eigenvalue weighted by Gasteiger charge is 2.22. The van der Waals surface area contributed by atoms with Gasteiger partial charge in [0.2, 0.25) is 0 Å². The van der Waals surface area contributed by atoms with E-state index in [1.807, 2.05) is 48.5 Å². The molecule has 3 heterocycles. The van der Waals surface area contributed by atoms with Gasteiger partial charge in [0, 0.05) is 18.6 Å². The van der Waals surface area contributed by atoms with E-state index in [2.05, 4.69) is 15.3 Å². The number of methoxy groups -OCH3 is 1. The van der Waals surface area contributed by atoms with Crippen LogP contribution in [0.2, 0.25) is 0 Å². The Balaban J connectivity index is 1.37. The summed E-state index contributed by atoms with van der Waals surface area (Å²) in [7, 11) is 3.34.